The maximum atomic E-state index is 13.2. The molecule has 0 heterocycles. The number of halogens is 1. The fourth-order valence-electron chi connectivity index (χ4n) is 2.39. The van der Waals surface area contributed by atoms with E-state index in [2.05, 4.69) is 12.2 Å². The Morgan fingerprint density at radius 1 is 1.41 bits per heavy atom. The van der Waals surface area contributed by atoms with Crippen LogP contribution < -0.4 is 11.1 Å². The second-order valence-corrected chi connectivity index (χ2v) is 6.08. The summed E-state index contributed by atoms with van der Waals surface area (Å²) in [6.07, 6.45) is 3.57. The van der Waals surface area contributed by atoms with Crippen molar-refractivity contribution in [3.05, 3.63) is 24.0 Å². The van der Waals surface area contributed by atoms with Crippen molar-refractivity contribution >= 4 is 23.1 Å². The van der Waals surface area contributed by atoms with Crippen molar-refractivity contribution in [2.45, 2.75) is 37.5 Å². The quantitative estimate of drug-likeness (QED) is 0.808. The number of benzene rings is 1. The number of nitrogens with one attached hydrogen (secondary N) is 1. The lowest BCUT2D eigenvalue weighted by atomic mass is 10.2. The highest BCUT2D eigenvalue weighted by atomic mass is 32.2. The highest BCUT2D eigenvalue weighted by Gasteiger charge is 2.24. The minimum Gasteiger partial charge on any atom is -0.399 e. The molecule has 17 heavy (non-hydrogen) atoms. The zero-order valence-corrected chi connectivity index (χ0v) is 10.9. The third-order valence-corrected chi connectivity index (χ3v) is 4.31. The topological polar surface area (TPSA) is 38.0 Å². The lowest BCUT2D eigenvalue weighted by Gasteiger charge is -2.15. The van der Waals surface area contributed by atoms with E-state index in [-0.39, 0.29) is 5.82 Å². The lowest BCUT2D eigenvalue weighted by molar-refractivity contribution is 0.628. The van der Waals surface area contributed by atoms with Crippen LogP contribution >= 0.6 is 11.8 Å². The van der Waals surface area contributed by atoms with Crippen LogP contribution in [0.1, 0.15) is 26.2 Å². The van der Waals surface area contributed by atoms with Crippen molar-refractivity contribution in [1.29, 1.82) is 0 Å². The van der Waals surface area contributed by atoms with Crippen LogP contribution in [0.3, 0.4) is 0 Å². The standard InChI is InChI=1S/C13H19FN2S/c1-2-17-13-4-3-11(8-13)16-12-6-9(14)5-10(15)7-12/h5-7,11,13,16H,2-4,8,15H2,1H3. The van der Waals surface area contributed by atoms with E-state index in [1.807, 2.05) is 11.8 Å². The first-order valence-electron chi connectivity index (χ1n) is 6.11. The Balaban J connectivity index is 1.93. The molecule has 1 saturated carbocycles. The zero-order valence-electron chi connectivity index (χ0n) is 10.1. The maximum Gasteiger partial charge on any atom is 0.127 e. The van der Waals surface area contributed by atoms with Gasteiger partial charge in [-0.15, -0.1) is 0 Å². The predicted octanol–water partition coefficient (Wildman–Crippen LogP) is 3.49. The summed E-state index contributed by atoms with van der Waals surface area (Å²) in [5.41, 5.74) is 6.90. The monoisotopic (exact) mass is 254 g/mol. The van der Waals surface area contributed by atoms with E-state index in [9.17, 15) is 4.39 Å². The van der Waals surface area contributed by atoms with Crippen molar-refractivity contribution in [3.63, 3.8) is 0 Å². The Morgan fingerprint density at radius 2 is 2.24 bits per heavy atom. The molecule has 2 unspecified atom stereocenters. The minimum atomic E-state index is -0.273. The summed E-state index contributed by atoms with van der Waals surface area (Å²) >= 11 is 2.02. The van der Waals surface area contributed by atoms with Gasteiger partial charge in [0.25, 0.3) is 0 Å². The number of nitrogens with two attached hydrogens (primary N) is 1. The van der Waals surface area contributed by atoms with E-state index in [1.54, 1.807) is 6.07 Å². The van der Waals surface area contributed by atoms with E-state index in [0.717, 1.165) is 23.8 Å². The molecule has 2 nitrogen and oxygen atoms in total. The van der Waals surface area contributed by atoms with E-state index in [1.165, 1.54) is 24.3 Å². The zero-order chi connectivity index (χ0) is 12.3. The molecule has 4 heteroatoms. The first kappa shape index (κ1) is 12.6. The Morgan fingerprint density at radius 3 is 2.94 bits per heavy atom. The molecule has 0 spiro atoms. The molecule has 2 rings (SSSR count). The second kappa shape index (κ2) is 5.63. The third-order valence-electron chi connectivity index (χ3n) is 3.08. The Kier molecular flexibility index (Phi) is 4.15. The van der Waals surface area contributed by atoms with Crippen LogP contribution in [-0.4, -0.2) is 17.0 Å². The molecule has 0 aromatic heterocycles. The van der Waals surface area contributed by atoms with Gasteiger partial charge >= 0.3 is 0 Å². The number of nitrogen functional groups attached to an aromatic ring is 1. The highest BCUT2D eigenvalue weighted by molar-refractivity contribution is 7.99. The third kappa shape index (κ3) is 3.53. The summed E-state index contributed by atoms with van der Waals surface area (Å²) in [5, 5.41) is 4.13. The lowest BCUT2D eigenvalue weighted by Crippen LogP contribution is -2.16. The van der Waals surface area contributed by atoms with Crippen LogP contribution in [0.15, 0.2) is 18.2 Å². The average Bonchev–Trinajstić information content (AvgIpc) is 2.64. The average molecular weight is 254 g/mol. The molecule has 0 saturated heterocycles. The summed E-state index contributed by atoms with van der Waals surface area (Å²) in [6, 6.07) is 5.11. The molecular weight excluding hydrogens is 235 g/mol. The van der Waals surface area contributed by atoms with Gasteiger partial charge in [-0.3, -0.25) is 0 Å². The van der Waals surface area contributed by atoms with Gasteiger partial charge in [0, 0.05) is 22.7 Å². The Bertz CT molecular complexity index is 363. The Hall–Kier alpha value is -0.900. The SMILES string of the molecule is CCSC1CCC(Nc2cc(N)cc(F)c2)C1. The normalized spacial score (nSPS) is 23.9. The van der Waals surface area contributed by atoms with Crippen LogP contribution in [0.5, 0.6) is 0 Å². The van der Waals surface area contributed by atoms with E-state index < -0.39 is 0 Å². The number of thioether (sulfide) groups is 1. The van der Waals surface area contributed by atoms with Crippen LogP contribution in [0, 0.1) is 5.82 Å². The van der Waals surface area contributed by atoms with Gasteiger partial charge in [-0.1, -0.05) is 6.92 Å². The van der Waals surface area contributed by atoms with Gasteiger partial charge in [0.05, 0.1) is 0 Å². The fraction of sp³-hybridized carbons (Fsp3) is 0.538. The van der Waals surface area contributed by atoms with E-state index in [0.29, 0.717) is 11.7 Å². The molecule has 3 N–H and O–H groups in total. The molecule has 0 aliphatic heterocycles. The molecule has 0 radical (unpaired) electrons. The summed E-state index contributed by atoms with van der Waals surface area (Å²) in [6.45, 7) is 2.19. The first-order chi connectivity index (χ1) is 8.17. The summed E-state index contributed by atoms with van der Waals surface area (Å²) in [5.74, 6) is 0.898. The second-order valence-electron chi connectivity index (χ2n) is 4.50. The molecule has 0 bridgehead atoms. The highest BCUT2D eigenvalue weighted by Crippen LogP contribution is 2.31. The van der Waals surface area contributed by atoms with Crippen molar-refractivity contribution in [3.8, 4) is 0 Å². The van der Waals surface area contributed by atoms with Gasteiger partial charge in [-0.25, -0.2) is 4.39 Å². The van der Waals surface area contributed by atoms with Gasteiger partial charge in [0.2, 0.25) is 0 Å². The maximum absolute atomic E-state index is 13.2. The molecule has 1 fully saturated rings. The molecule has 94 valence electrons. The van der Waals surface area contributed by atoms with Crippen LogP contribution in [0.4, 0.5) is 15.8 Å². The molecule has 2 atom stereocenters. The van der Waals surface area contributed by atoms with E-state index in [4.69, 9.17) is 5.73 Å². The van der Waals surface area contributed by atoms with Gasteiger partial charge in [0.15, 0.2) is 0 Å². The van der Waals surface area contributed by atoms with Gasteiger partial charge in [-0.2, -0.15) is 11.8 Å². The van der Waals surface area contributed by atoms with Crippen LogP contribution in [-0.2, 0) is 0 Å². The minimum absolute atomic E-state index is 0.273. The van der Waals surface area contributed by atoms with Crippen molar-refractivity contribution < 1.29 is 4.39 Å². The summed E-state index contributed by atoms with van der Waals surface area (Å²) in [7, 11) is 0. The smallest absolute Gasteiger partial charge is 0.127 e. The molecule has 1 aromatic carbocycles. The van der Waals surface area contributed by atoms with Gasteiger partial charge < -0.3 is 11.1 Å². The first-order valence-corrected chi connectivity index (χ1v) is 7.16. The molecular formula is C13H19FN2S. The fourth-order valence-corrected chi connectivity index (χ4v) is 3.53. The van der Waals surface area contributed by atoms with Crippen LogP contribution in [0.2, 0.25) is 0 Å². The largest absolute Gasteiger partial charge is 0.399 e. The summed E-state index contributed by atoms with van der Waals surface area (Å²) in [4.78, 5) is 0. The molecule has 1 aliphatic carbocycles. The number of hydrogen-bond acceptors (Lipinski definition) is 3. The molecule has 1 aromatic rings. The van der Waals surface area contributed by atoms with Crippen LogP contribution in [0.25, 0.3) is 0 Å². The van der Waals surface area contributed by atoms with E-state index >= 15 is 0 Å². The van der Waals surface area contributed by atoms with Gasteiger partial charge in [0.1, 0.15) is 5.82 Å². The van der Waals surface area contributed by atoms with Crippen molar-refractivity contribution in [2.75, 3.05) is 16.8 Å². The molecule has 0 amide bonds. The van der Waals surface area contributed by atoms with Crippen molar-refractivity contribution in [1.82, 2.24) is 0 Å². The number of anilines is 2. The Labute approximate surface area is 106 Å². The summed E-state index contributed by atoms with van der Waals surface area (Å²) < 4.78 is 13.2. The predicted molar refractivity (Wildman–Crippen MR) is 74.0 cm³/mol. The number of hydrogen-bond donors (Lipinski definition) is 2. The van der Waals surface area contributed by atoms with Crippen molar-refractivity contribution in [2.24, 2.45) is 0 Å². The van der Waals surface area contributed by atoms with Gasteiger partial charge in [-0.05, 0) is 43.2 Å². The number of rotatable bonds is 4. The molecule has 1 aliphatic rings.